The summed E-state index contributed by atoms with van der Waals surface area (Å²) in [5.41, 5.74) is 8.03. The van der Waals surface area contributed by atoms with E-state index >= 15 is 0 Å². The molecule has 4 heteroatoms. The van der Waals surface area contributed by atoms with E-state index in [-0.39, 0.29) is 12.4 Å². The normalized spacial score (nSPS) is 11.8. The number of rotatable bonds is 6. The summed E-state index contributed by atoms with van der Waals surface area (Å²) in [6.07, 6.45) is 0.155. The third-order valence-electron chi connectivity index (χ3n) is 3.20. The molecular formula is C18H21NO3. The lowest BCUT2D eigenvalue weighted by Crippen LogP contribution is -2.17. The summed E-state index contributed by atoms with van der Waals surface area (Å²) in [5, 5.41) is 0. The molecule has 0 spiro atoms. The molecule has 0 fully saturated rings. The van der Waals surface area contributed by atoms with Crippen molar-refractivity contribution in [1.82, 2.24) is 0 Å². The lowest BCUT2D eigenvalue weighted by Gasteiger charge is -2.13. The zero-order chi connectivity index (χ0) is 15.9. The Kier molecular flexibility index (Phi) is 5.55. The second-order valence-electron chi connectivity index (χ2n) is 5.11. The van der Waals surface area contributed by atoms with Crippen LogP contribution in [0.4, 0.5) is 0 Å². The van der Waals surface area contributed by atoms with E-state index < -0.39 is 6.04 Å². The summed E-state index contributed by atoms with van der Waals surface area (Å²) in [7, 11) is 0. The number of esters is 1. The van der Waals surface area contributed by atoms with Gasteiger partial charge >= 0.3 is 5.97 Å². The van der Waals surface area contributed by atoms with Crippen molar-refractivity contribution in [2.45, 2.75) is 26.3 Å². The number of hydrogen-bond acceptors (Lipinski definition) is 4. The van der Waals surface area contributed by atoms with Crippen molar-refractivity contribution in [3.63, 3.8) is 0 Å². The van der Waals surface area contributed by atoms with Crippen LogP contribution in [0, 0.1) is 6.92 Å². The van der Waals surface area contributed by atoms with Gasteiger partial charge in [0.25, 0.3) is 0 Å². The first-order valence-corrected chi connectivity index (χ1v) is 7.34. The molecule has 4 nitrogen and oxygen atoms in total. The Morgan fingerprint density at radius 1 is 1.14 bits per heavy atom. The van der Waals surface area contributed by atoms with E-state index in [1.165, 1.54) is 0 Å². The maximum Gasteiger partial charge on any atom is 0.307 e. The zero-order valence-electron chi connectivity index (χ0n) is 12.9. The van der Waals surface area contributed by atoms with Crippen LogP contribution in [0.5, 0.6) is 11.5 Å². The zero-order valence-corrected chi connectivity index (χ0v) is 12.9. The van der Waals surface area contributed by atoms with Crippen LogP contribution >= 0.6 is 0 Å². The summed E-state index contributed by atoms with van der Waals surface area (Å²) < 4.78 is 10.8. The van der Waals surface area contributed by atoms with Gasteiger partial charge in [0.2, 0.25) is 0 Å². The molecule has 0 aliphatic carbocycles. The largest absolute Gasteiger partial charge is 0.466 e. The molecule has 0 heterocycles. The Hall–Kier alpha value is -2.33. The summed E-state index contributed by atoms with van der Waals surface area (Å²) >= 11 is 0. The van der Waals surface area contributed by atoms with E-state index in [9.17, 15) is 4.79 Å². The molecule has 22 heavy (non-hydrogen) atoms. The van der Waals surface area contributed by atoms with Crippen molar-refractivity contribution in [2.75, 3.05) is 6.61 Å². The Bertz CT molecular complexity index is 640. The van der Waals surface area contributed by atoms with Crippen LogP contribution in [0.15, 0.2) is 48.5 Å². The van der Waals surface area contributed by atoms with Crippen LogP contribution in [0.25, 0.3) is 0 Å². The van der Waals surface area contributed by atoms with Gasteiger partial charge in [-0.15, -0.1) is 0 Å². The van der Waals surface area contributed by atoms with Gasteiger partial charge < -0.3 is 15.2 Å². The Labute approximate surface area is 130 Å². The van der Waals surface area contributed by atoms with Crippen LogP contribution in [-0.2, 0) is 9.53 Å². The number of carbonyl (C=O) groups excluding carboxylic acids is 1. The maximum atomic E-state index is 11.5. The number of benzene rings is 2. The van der Waals surface area contributed by atoms with Gasteiger partial charge in [-0.05, 0) is 49.2 Å². The maximum absolute atomic E-state index is 11.5. The Morgan fingerprint density at radius 3 is 2.50 bits per heavy atom. The number of ether oxygens (including phenoxy) is 2. The van der Waals surface area contributed by atoms with Gasteiger partial charge in [0.15, 0.2) is 0 Å². The first-order chi connectivity index (χ1) is 10.6. The standard InChI is InChI=1S/C18H21NO3/c1-3-21-18(20)12-17(19)14-7-5-9-16(11-14)22-15-8-4-6-13(2)10-15/h4-11,17H,3,12,19H2,1-2H3/t17-/m0/s1. The minimum Gasteiger partial charge on any atom is -0.466 e. The highest BCUT2D eigenvalue weighted by molar-refractivity contribution is 5.70. The molecule has 1 atom stereocenters. The average molecular weight is 299 g/mol. The number of aryl methyl sites for hydroxylation is 1. The van der Waals surface area contributed by atoms with Crippen molar-refractivity contribution in [3.8, 4) is 11.5 Å². The minimum atomic E-state index is -0.403. The molecule has 0 aliphatic rings. The molecule has 0 radical (unpaired) electrons. The summed E-state index contributed by atoms with van der Waals surface area (Å²) in [4.78, 5) is 11.5. The van der Waals surface area contributed by atoms with E-state index in [0.29, 0.717) is 12.4 Å². The monoisotopic (exact) mass is 299 g/mol. The lowest BCUT2D eigenvalue weighted by molar-refractivity contribution is -0.143. The highest BCUT2D eigenvalue weighted by Crippen LogP contribution is 2.25. The average Bonchev–Trinajstić information content (AvgIpc) is 2.47. The fourth-order valence-corrected chi connectivity index (χ4v) is 2.14. The Balaban J connectivity index is 2.07. The van der Waals surface area contributed by atoms with E-state index in [1.54, 1.807) is 6.92 Å². The van der Waals surface area contributed by atoms with Gasteiger partial charge in [0.05, 0.1) is 13.0 Å². The van der Waals surface area contributed by atoms with Crippen LogP contribution in [0.1, 0.15) is 30.5 Å². The molecule has 0 saturated heterocycles. The van der Waals surface area contributed by atoms with Gasteiger partial charge in [0, 0.05) is 6.04 Å². The van der Waals surface area contributed by atoms with Crippen molar-refractivity contribution in [2.24, 2.45) is 5.73 Å². The van der Waals surface area contributed by atoms with Gasteiger partial charge in [-0.1, -0.05) is 24.3 Å². The molecule has 116 valence electrons. The van der Waals surface area contributed by atoms with Crippen LogP contribution in [-0.4, -0.2) is 12.6 Å². The molecule has 0 aromatic heterocycles. The molecule has 0 unspecified atom stereocenters. The topological polar surface area (TPSA) is 61.5 Å². The smallest absolute Gasteiger partial charge is 0.307 e. The molecule has 0 saturated carbocycles. The van der Waals surface area contributed by atoms with Gasteiger partial charge in [-0.2, -0.15) is 0 Å². The molecule has 2 aromatic rings. The van der Waals surface area contributed by atoms with E-state index in [0.717, 1.165) is 16.9 Å². The van der Waals surface area contributed by atoms with Gasteiger partial charge in [-0.3, -0.25) is 4.79 Å². The van der Waals surface area contributed by atoms with Gasteiger partial charge in [-0.25, -0.2) is 0 Å². The summed E-state index contributed by atoms with van der Waals surface area (Å²) in [5.74, 6) is 1.18. The number of carbonyl (C=O) groups is 1. The first kappa shape index (κ1) is 16.0. The molecule has 2 rings (SSSR count). The van der Waals surface area contributed by atoms with Crippen LogP contribution in [0.3, 0.4) is 0 Å². The highest BCUT2D eigenvalue weighted by atomic mass is 16.5. The second-order valence-corrected chi connectivity index (χ2v) is 5.11. The van der Waals surface area contributed by atoms with Gasteiger partial charge in [0.1, 0.15) is 11.5 Å². The van der Waals surface area contributed by atoms with E-state index in [1.807, 2.05) is 55.5 Å². The quantitative estimate of drug-likeness (QED) is 0.825. The number of hydrogen-bond donors (Lipinski definition) is 1. The molecule has 2 aromatic carbocycles. The van der Waals surface area contributed by atoms with Crippen molar-refractivity contribution >= 4 is 5.97 Å². The first-order valence-electron chi connectivity index (χ1n) is 7.34. The van der Waals surface area contributed by atoms with Crippen LogP contribution < -0.4 is 10.5 Å². The SMILES string of the molecule is CCOC(=O)C[C@H](N)c1cccc(Oc2cccc(C)c2)c1. The molecule has 2 N–H and O–H groups in total. The molecule has 0 amide bonds. The predicted octanol–water partition coefficient (Wildman–Crippen LogP) is 3.74. The van der Waals surface area contributed by atoms with Crippen LogP contribution in [0.2, 0.25) is 0 Å². The van der Waals surface area contributed by atoms with Crippen molar-refractivity contribution in [3.05, 3.63) is 59.7 Å². The summed E-state index contributed by atoms with van der Waals surface area (Å²) in [6, 6.07) is 14.9. The predicted molar refractivity (Wildman–Crippen MR) is 85.9 cm³/mol. The van der Waals surface area contributed by atoms with Crippen molar-refractivity contribution in [1.29, 1.82) is 0 Å². The lowest BCUT2D eigenvalue weighted by atomic mass is 10.0. The fraction of sp³-hybridized carbons (Fsp3) is 0.278. The minimum absolute atomic E-state index is 0.155. The third kappa shape index (κ3) is 4.60. The third-order valence-corrected chi connectivity index (χ3v) is 3.20. The summed E-state index contributed by atoms with van der Waals surface area (Å²) in [6.45, 7) is 4.15. The van der Waals surface area contributed by atoms with Crippen molar-refractivity contribution < 1.29 is 14.3 Å². The fourth-order valence-electron chi connectivity index (χ4n) is 2.14. The van der Waals surface area contributed by atoms with E-state index in [4.69, 9.17) is 15.2 Å². The molecular weight excluding hydrogens is 278 g/mol. The Morgan fingerprint density at radius 2 is 1.82 bits per heavy atom. The molecule has 0 aliphatic heterocycles. The highest BCUT2D eigenvalue weighted by Gasteiger charge is 2.13. The molecule has 0 bridgehead atoms. The number of nitrogens with two attached hydrogens (primary N) is 1. The second kappa shape index (κ2) is 7.61. The van der Waals surface area contributed by atoms with E-state index in [2.05, 4.69) is 0 Å².